The Hall–Kier alpha value is -1.50. The van der Waals surface area contributed by atoms with Crippen molar-refractivity contribution in [1.29, 1.82) is 5.26 Å². The number of anilines is 1. The van der Waals surface area contributed by atoms with Gasteiger partial charge >= 0.3 is 0 Å². The van der Waals surface area contributed by atoms with Gasteiger partial charge in [0, 0.05) is 25.4 Å². The molecule has 0 aliphatic rings. The van der Waals surface area contributed by atoms with E-state index < -0.39 is 0 Å². The fourth-order valence-corrected chi connectivity index (χ4v) is 1.11. The van der Waals surface area contributed by atoms with Crippen LogP contribution in [0.25, 0.3) is 0 Å². The first-order chi connectivity index (χ1) is 6.26. The number of rotatable bonds is 4. The molecule has 4 heteroatoms. The molecule has 0 aliphatic heterocycles. The van der Waals surface area contributed by atoms with Gasteiger partial charge in [0.25, 0.3) is 0 Å². The summed E-state index contributed by atoms with van der Waals surface area (Å²) < 4.78 is 1.74. The highest BCUT2D eigenvalue weighted by Crippen LogP contribution is 2.07. The van der Waals surface area contributed by atoms with Crippen LogP contribution in [0.5, 0.6) is 0 Å². The van der Waals surface area contributed by atoms with E-state index in [0.29, 0.717) is 6.42 Å². The Labute approximate surface area is 78.2 Å². The molecule has 0 fully saturated rings. The monoisotopic (exact) mass is 178 g/mol. The van der Waals surface area contributed by atoms with Crippen LogP contribution in [0.3, 0.4) is 0 Å². The van der Waals surface area contributed by atoms with E-state index in [0.717, 1.165) is 12.2 Å². The van der Waals surface area contributed by atoms with Crippen molar-refractivity contribution in [2.75, 3.05) is 5.32 Å². The van der Waals surface area contributed by atoms with Crippen molar-refractivity contribution >= 4 is 5.82 Å². The molecule has 1 heterocycles. The van der Waals surface area contributed by atoms with E-state index in [2.05, 4.69) is 23.4 Å². The highest BCUT2D eigenvalue weighted by molar-refractivity contribution is 5.33. The third-order valence-electron chi connectivity index (χ3n) is 1.90. The summed E-state index contributed by atoms with van der Waals surface area (Å²) in [5, 5.41) is 15.9. The molecule has 4 nitrogen and oxygen atoms in total. The maximum absolute atomic E-state index is 8.54. The van der Waals surface area contributed by atoms with E-state index >= 15 is 0 Å². The molecule has 0 saturated heterocycles. The minimum Gasteiger partial charge on any atom is -0.365 e. The molecule has 1 aromatic rings. The van der Waals surface area contributed by atoms with Crippen molar-refractivity contribution in [3.8, 4) is 6.07 Å². The molecule has 1 N–H and O–H groups in total. The Bertz CT molecular complexity index is 297. The smallest absolute Gasteiger partial charge is 0.148 e. The zero-order valence-electron chi connectivity index (χ0n) is 7.99. The quantitative estimate of drug-likeness (QED) is 0.760. The van der Waals surface area contributed by atoms with Crippen LogP contribution in [-0.4, -0.2) is 15.8 Å². The predicted octanol–water partition coefficient (Wildman–Crippen LogP) is 1.52. The van der Waals surface area contributed by atoms with Gasteiger partial charge in [0.2, 0.25) is 0 Å². The van der Waals surface area contributed by atoms with Crippen LogP contribution in [-0.2, 0) is 7.05 Å². The Morgan fingerprint density at radius 3 is 3.00 bits per heavy atom. The van der Waals surface area contributed by atoms with Crippen LogP contribution < -0.4 is 5.32 Å². The van der Waals surface area contributed by atoms with Crippen molar-refractivity contribution in [2.45, 2.75) is 25.8 Å². The molecule has 0 spiro atoms. The maximum atomic E-state index is 8.54. The minimum absolute atomic E-state index is 0.208. The third kappa shape index (κ3) is 2.79. The number of nitrogens with one attached hydrogen (secondary N) is 1. The van der Waals surface area contributed by atoms with Crippen LogP contribution in [0, 0.1) is 11.3 Å². The second-order valence-electron chi connectivity index (χ2n) is 2.99. The molecular weight excluding hydrogens is 164 g/mol. The molecule has 1 unspecified atom stereocenters. The average molecular weight is 178 g/mol. The van der Waals surface area contributed by atoms with Crippen LogP contribution in [0.4, 0.5) is 5.82 Å². The van der Waals surface area contributed by atoms with Crippen LogP contribution in [0.15, 0.2) is 12.3 Å². The van der Waals surface area contributed by atoms with Crippen molar-refractivity contribution < 1.29 is 0 Å². The van der Waals surface area contributed by atoms with Gasteiger partial charge in [-0.2, -0.15) is 10.4 Å². The van der Waals surface area contributed by atoms with Gasteiger partial charge in [-0.15, -0.1) is 0 Å². The number of hydrogen-bond donors (Lipinski definition) is 1. The first kappa shape index (κ1) is 9.59. The molecule has 1 aromatic heterocycles. The zero-order chi connectivity index (χ0) is 9.68. The lowest BCUT2D eigenvalue weighted by Crippen LogP contribution is -2.17. The average Bonchev–Trinajstić information content (AvgIpc) is 2.50. The molecule has 70 valence electrons. The van der Waals surface area contributed by atoms with Gasteiger partial charge in [-0.25, -0.2) is 0 Å². The van der Waals surface area contributed by atoms with Crippen molar-refractivity contribution in [3.63, 3.8) is 0 Å². The van der Waals surface area contributed by atoms with Gasteiger partial charge in [-0.1, -0.05) is 6.92 Å². The maximum Gasteiger partial charge on any atom is 0.148 e. The van der Waals surface area contributed by atoms with E-state index in [9.17, 15) is 0 Å². The summed E-state index contributed by atoms with van der Waals surface area (Å²) in [6.45, 7) is 2.05. The van der Waals surface area contributed by atoms with Crippen LogP contribution in [0.1, 0.15) is 19.8 Å². The van der Waals surface area contributed by atoms with Crippen molar-refractivity contribution in [1.82, 2.24) is 9.78 Å². The number of nitrogens with zero attached hydrogens (tertiary/aromatic N) is 3. The number of hydrogen-bond acceptors (Lipinski definition) is 3. The molecule has 0 amide bonds. The molecule has 0 bridgehead atoms. The second-order valence-corrected chi connectivity index (χ2v) is 2.99. The van der Waals surface area contributed by atoms with Crippen molar-refractivity contribution in [3.05, 3.63) is 12.3 Å². The predicted molar refractivity (Wildman–Crippen MR) is 51.1 cm³/mol. The molecule has 0 saturated carbocycles. The van der Waals surface area contributed by atoms with Gasteiger partial charge in [-0.05, 0) is 6.42 Å². The summed E-state index contributed by atoms with van der Waals surface area (Å²) in [4.78, 5) is 0. The summed E-state index contributed by atoms with van der Waals surface area (Å²) in [6.07, 6.45) is 3.33. The molecule has 0 aromatic carbocycles. The van der Waals surface area contributed by atoms with E-state index in [-0.39, 0.29) is 6.04 Å². The van der Waals surface area contributed by atoms with Gasteiger partial charge < -0.3 is 5.32 Å². The molecule has 13 heavy (non-hydrogen) atoms. The van der Waals surface area contributed by atoms with Gasteiger partial charge in [0.05, 0.1) is 12.5 Å². The Morgan fingerprint density at radius 2 is 2.54 bits per heavy atom. The minimum atomic E-state index is 0.208. The van der Waals surface area contributed by atoms with Gasteiger partial charge in [-0.3, -0.25) is 4.68 Å². The van der Waals surface area contributed by atoms with Gasteiger partial charge in [0.1, 0.15) is 5.82 Å². The molecule has 1 rings (SSSR count). The fraction of sp³-hybridized carbons (Fsp3) is 0.556. The SMILES string of the molecule is CCC(CC#N)Nc1ccn(C)n1. The topological polar surface area (TPSA) is 53.6 Å². The summed E-state index contributed by atoms with van der Waals surface area (Å²) in [7, 11) is 1.87. The lowest BCUT2D eigenvalue weighted by Gasteiger charge is -2.11. The number of aryl methyl sites for hydroxylation is 1. The first-order valence-corrected chi connectivity index (χ1v) is 4.39. The fourth-order valence-electron chi connectivity index (χ4n) is 1.11. The van der Waals surface area contributed by atoms with E-state index in [1.54, 1.807) is 4.68 Å². The van der Waals surface area contributed by atoms with Crippen LogP contribution >= 0.6 is 0 Å². The Kier molecular flexibility index (Phi) is 3.32. The molecule has 1 atom stereocenters. The largest absolute Gasteiger partial charge is 0.365 e. The highest BCUT2D eigenvalue weighted by atomic mass is 15.3. The molecule has 0 radical (unpaired) electrons. The molecule has 0 aliphatic carbocycles. The summed E-state index contributed by atoms with van der Waals surface area (Å²) in [5.41, 5.74) is 0. The number of aromatic nitrogens is 2. The lowest BCUT2D eigenvalue weighted by atomic mass is 10.2. The highest BCUT2D eigenvalue weighted by Gasteiger charge is 2.06. The first-order valence-electron chi connectivity index (χ1n) is 4.39. The van der Waals surface area contributed by atoms with Crippen molar-refractivity contribution in [2.24, 2.45) is 7.05 Å². The Morgan fingerprint density at radius 1 is 1.77 bits per heavy atom. The standard InChI is InChI=1S/C9H14N4/c1-3-8(4-6-10)11-9-5-7-13(2)12-9/h5,7-8H,3-4H2,1-2H3,(H,11,12). The van der Waals surface area contributed by atoms with E-state index in [4.69, 9.17) is 5.26 Å². The second kappa shape index (κ2) is 4.51. The Balaban J connectivity index is 2.52. The number of nitriles is 1. The van der Waals surface area contributed by atoms with Crippen LogP contribution in [0.2, 0.25) is 0 Å². The summed E-state index contributed by atoms with van der Waals surface area (Å²) in [5.74, 6) is 0.838. The van der Waals surface area contributed by atoms with E-state index in [1.165, 1.54) is 0 Å². The van der Waals surface area contributed by atoms with Gasteiger partial charge in [0.15, 0.2) is 0 Å². The molecular formula is C9H14N4. The lowest BCUT2D eigenvalue weighted by molar-refractivity contribution is 0.697. The zero-order valence-corrected chi connectivity index (χ0v) is 7.99. The van der Waals surface area contributed by atoms with E-state index in [1.807, 2.05) is 19.3 Å². The third-order valence-corrected chi connectivity index (χ3v) is 1.90. The normalized spacial score (nSPS) is 12.1. The summed E-state index contributed by atoms with van der Waals surface area (Å²) in [6, 6.07) is 4.26. The summed E-state index contributed by atoms with van der Waals surface area (Å²) >= 11 is 0.